The van der Waals surface area contributed by atoms with Gasteiger partial charge in [0.25, 0.3) is 5.91 Å². The topological polar surface area (TPSA) is 80.6 Å². The van der Waals surface area contributed by atoms with Gasteiger partial charge in [-0.3, -0.25) is 9.80 Å². The number of carbonyl (C=O) groups is 1. The molecule has 2 heterocycles. The highest BCUT2D eigenvalue weighted by Crippen LogP contribution is 2.18. The third-order valence-corrected chi connectivity index (χ3v) is 3.67. The fourth-order valence-corrected chi connectivity index (χ4v) is 2.44. The standard InChI is InChI=1S/C16H16FN5O/c1-22-12-3-2-8-19-14(12)13(18)15(21-22)16(23)20-9-10-4-6-11(17)7-5-10/h2-8,14,18-19H,9H2,1H3,(H,20,23). The van der Waals surface area contributed by atoms with Gasteiger partial charge in [-0.2, -0.15) is 5.10 Å². The van der Waals surface area contributed by atoms with Gasteiger partial charge in [-0.05, 0) is 36.0 Å². The first-order valence-corrected chi connectivity index (χ1v) is 7.13. The summed E-state index contributed by atoms with van der Waals surface area (Å²) in [5, 5.41) is 19.7. The molecule has 0 saturated carbocycles. The molecule has 0 bridgehead atoms. The predicted molar refractivity (Wildman–Crippen MR) is 85.3 cm³/mol. The van der Waals surface area contributed by atoms with Crippen molar-refractivity contribution in [3.8, 4) is 0 Å². The van der Waals surface area contributed by atoms with Crippen LogP contribution in [0.3, 0.4) is 0 Å². The largest absolute Gasteiger partial charge is 0.377 e. The number of rotatable bonds is 3. The molecule has 2 aliphatic rings. The van der Waals surface area contributed by atoms with Gasteiger partial charge in [0, 0.05) is 13.6 Å². The molecule has 0 spiro atoms. The Labute approximate surface area is 132 Å². The van der Waals surface area contributed by atoms with Crippen LogP contribution in [0.5, 0.6) is 0 Å². The number of allylic oxidation sites excluding steroid dienone is 2. The molecule has 1 aromatic rings. The number of fused-ring (bicyclic) bond motifs is 1. The summed E-state index contributed by atoms with van der Waals surface area (Å²) in [4.78, 5) is 12.3. The van der Waals surface area contributed by atoms with Crippen molar-refractivity contribution in [3.63, 3.8) is 0 Å². The molecular weight excluding hydrogens is 297 g/mol. The number of hydrazone groups is 1. The van der Waals surface area contributed by atoms with E-state index in [0.717, 1.165) is 11.3 Å². The molecule has 2 aliphatic heterocycles. The second kappa shape index (κ2) is 6.04. The van der Waals surface area contributed by atoms with Crippen LogP contribution in [-0.4, -0.2) is 35.4 Å². The second-order valence-corrected chi connectivity index (χ2v) is 5.25. The number of hydrogen-bond donors (Lipinski definition) is 3. The Morgan fingerprint density at radius 1 is 1.43 bits per heavy atom. The van der Waals surface area contributed by atoms with Crippen molar-refractivity contribution in [2.45, 2.75) is 12.6 Å². The van der Waals surface area contributed by atoms with E-state index in [-0.39, 0.29) is 29.8 Å². The van der Waals surface area contributed by atoms with Gasteiger partial charge in [-0.15, -0.1) is 0 Å². The summed E-state index contributed by atoms with van der Waals surface area (Å²) < 4.78 is 12.9. The third-order valence-electron chi connectivity index (χ3n) is 3.67. The Morgan fingerprint density at radius 2 is 2.17 bits per heavy atom. The maximum Gasteiger partial charge on any atom is 0.273 e. The van der Waals surface area contributed by atoms with Gasteiger partial charge < -0.3 is 16.0 Å². The van der Waals surface area contributed by atoms with Crippen LogP contribution in [0.4, 0.5) is 4.39 Å². The van der Waals surface area contributed by atoms with E-state index in [2.05, 4.69) is 15.7 Å². The number of amides is 1. The van der Waals surface area contributed by atoms with E-state index < -0.39 is 5.91 Å². The minimum atomic E-state index is -0.429. The summed E-state index contributed by atoms with van der Waals surface area (Å²) in [5.74, 6) is -0.752. The SMILES string of the molecule is CN1N=C(C(=O)NCc2ccc(F)cc2)C(=N)C2NC=CC=C21. The molecule has 0 aromatic heterocycles. The zero-order valence-electron chi connectivity index (χ0n) is 12.5. The predicted octanol–water partition coefficient (Wildman–Crippen LogP) is 1.13. The maximum atomic E-state index is 12.9. The molecule has 6 nitrogen and oxygen atoms in total. The van der Waals surface area contributed by atoms with Crippen LogP contribution in [-0.2, 0) is 11.3 Å². The molecule has 0 fully saturated rings. The number of nitrogens with one attached hydrogen (secondary N) is 3. The second-order valence-electron chi connectivity index (χ2n) is 5.25. The molecule has 1 aromatic carbocycles. The summed E-state index contributed by atoms with van der Waals surface area (Å²) in [6.07, 6.45) is 5.41. The van der Waals surface area contributed by atoms with Crippen molar-refractivity contribution in [3.05, 3.63) is 59.7 Å². The number of halogens is 1. The zero-order chi connectivity index (χ0) is 16.4. The average molecular weight is 313 g/mol. The Morgan fingerprint density at radius 3 is 2.91 bits per heavy atom. The van der Waals surface area contributed by atoms with Gasteiger partial charge in [-0.25, -0.2) is 4.39 Å². The lowest BCUT2D eigenvalue weighted by Crippen LogP contribution is -2.52. The van der Waals surface area contributed by atoms with Gasteiger partial charge in [0.1, 0.15) is 11.9 Å². The smallest absolute Gasteiger partial charge is 0.273 e. The van der Waals surface area contributed by atoms with Crippen LogP contribution in [0.1, 0.15) is 5.56 Å². The normalized spacial score (nSPS) is 19.5. The first-order valence-electron chi connectivity index (χ1n) is 7.13. The summed E-state index contributed by atoms with van der Waals surface area (Å²) in [6.45, 7) is 0.246. The monoisotopic (exact) mass is 313 g/mol. The highest BCUT2D eigenvalue weighted by atomic mass is 19.1. The van der Waals surface area contributed by atoms with Crippen LogP contribution in [0, 0.1) is 11.2 Å². The molecular formula is C16H16FN5O. The highest BCUT2D eigenvalue weighted by Gasteiger charge is 2.34. The lowest BCUT2D eigenvalue weighted by atomic mass is 9.99. The lowest BCUT2D eigenvalue weighted by molar-refractivity contribution is -0.114. The van der Waals surface area contributed by atoms with E-state index in [9.17, 15) is 9.18 Å². The minimum absolute atomic E-state index is 0.0690. The molecule has 7 heteroatoms. The van der Waals surface area contributed by atoms with Crippen LogP contribution < -0.4 is 10.6 Å². The Balaban J connectivity index is 1.72. The first-order chi connectivity index (χ1) is 11.1. The van der Waals surface area contributed by atoms with Gasteiger partial charge in [0.05, 0.1) is 11.4 Å². The van der Waals surface area contributed by atoms with Crippen LogP contribution in [0.25, 0.3) is 0 Å². The first kappa shape index (κ1) is 15.0. The summed E-state index contributed by atoms with van der Waals surface area (Å²) in [6, 6.07) is 5.50. The number of benzene rings is 1. The van der Waals surface area contributed by atoms with E-state index in [1.54, 1.807) is 30.4 Å². The fourth-order valence-electron chi connectivity index (χ4n) is 2.44. The molecule has 0 aliphatic carbocycles. The van der Waals surface area contributed by atoms with E-state index in [1.165, 1.54) is 12.1 Å². The van der Waals surface area contributed by atoms with Gasteiger partial charge in [-0.1, -0.05) is 12.1 Å². The molecule has 3 rings (SSSR count). The number of dihydropyridines is 1. The van der Waals surface area contributed by atoms with Crippen LogP contribution in [0.15, 0.2) is 53.4 Å². The summed E-state index contributed by atoms with van der Waals surface area (Å²) in [7, 11) is 1.74. The van der Waals surface area contributed by atoms with Gasteiger partial charge in [0.15, 0.2) is 5.71 Å². The fraction of sp³-hybridized carbons (Fsp3) is 0.188. The molecule has 23 heavy (non-hydrogen) atoms. The molecule has 118 valence electrons. The molecule has 1 amide bonds. The molecule has 1 unspecified atom stereocenters. The van der Waals surface area contributed by atoms with Crippen molar-refractivity contribution < 1.29 is 9.18 Å². The minimum Gasteiger partial charge on any atom is -0.377 e. The van der Waals surface area contributed by atoms with Crippen molar-refractivity contribution in [1.82, 2.24) is 15.6 Å². The van der Waals surface area contributed by atoms with Gasteiger partial charge in [0.2, 0.25) is 0 Å². The third kappa shape index (κ3) is 2.98. The number of likely N-dealkylation sites (N-methyl/N-ethyl adjacent to an activating group) is 1. The summed E-state index contributed by atoms with van der Waals surface area (Å²) in [5.41, 5.74) is 1.78. The quantitative estimate of drug-likeness (QED) is 0.782. The molecule has 1 atom stereocenters. The molecule has 0 radical (unpaired) electrons. The maximum absolute atomic E-state index is 12.9. The van der Waals surface area contributed by atoms with Crippen LogP contribution in [0.2, 0.25) is 0 Å². The molecule has 0 saturated heterocycles. The number of carbonyl (C=O) groups excluding carboxylic acids is 1. The van der Waals surface area contributed by atoms with Crippen molar-refractivity contribution >= 4 is 17.3 Å². The van der Waals surface area contributed by atoms with E-state index >= 15 is 0 Å². The zero-order valence-corrected chi connectivity index (χ0v) is 12.5. The van der Waals surface area contributed by atoms with Crippen molar-refractivity contribution in [1.29, 1.82) is 5.41 Å². The Hall–Kier alpha value is -2.96. The van der Waals surface area contributed by atoms with E-state index in [4.69, 9.17) is 5.41 Å². The van der Waals surface area contributed by atoms with E-state index in [1.807, 2.05) is 12.2 Å². The van der Waals surface area contributed by atoms with Crippen molar-refractivity contribution in [2.24, 2.45) is 5.10 Å². The Bertz CT molecular complexity index is 735. The highest BCUT2D eigenvalue weighted by molar-refractivity contribution is 6.67. The number of nitrogens with zero attached hydrogens (tertiary/aromatic N) is 2. The lowest BCUT2D eigenvalue weighted by Gasteiger charge is -2.33. The molecule has 3 N–H and O–H groups in total. The van der Waals surface area contributed by atoms with Gasteiger partial charge >= 0.3 is 0 Å². The van der Waals surface area contributed by atoms with E-state index in [0.29, 0.717) is 0 Å². The van der Waals surface area contributed by atoms with Crippen molar-refractivity contribution in [2.75, 3.05) is 7.05 Å². The summed E-state index contributed by atoms with van der Waals surface area (Å²) >= 11 is 0. The Kier molecular flexibility index (Phi) is 3.92. The average Bonchev–Trinajstić information content (AvgIpc) is 2.57. The van der Waals surface area contributed by atoms with Crippen LogP contribution >= 0.6 is 0 Å². The number of hydrogen-bond acceptors (Lipinski definition) is 5.